The fraction of sp³-hybridized carbons (Fsp3) is 0.519. The van der Waals surface area contributed by atoms with Crippen LogP contribution in [0.15, 0.2) is 60.7 Å². The van der Waals surface area contributed by atoms with Crippen LogP contribution in [0, 0.1) is 0 Å². The Morgan fingerprint density at radius 3 is 1.82 bits per heavy atom. The van der Waals surface area contributed by atoms with E-state index in [1.165, 1.54) is 10.4 Å². The Bertz CT molecular complexity index is 898. The van der Waals surface area contributed by atoms with Crippen molar-refractivity contribution < 1.29 is 14.0 Å². The highest BCUT2D eigenvalue weighted by molar-refractivity contribution is 6.99. The molecule has 1 aliphatic rings. The molecule has 3 unspecified atom stereocenters. The van der Waals surface area contributed by atoms with Crippen molar-refractivity contribution in [3.8, 4) is 0 Å². The Labute approximate surface area is 200 Å². The molecule has 180 valence electrons. The molecular formula is C27H40N2O3Si. The summed E-state index contributed by atoms with van der Waals surface area (Å²) < 4.78 is 12.8. The molecule has 0 amide bonds. The van der Waals surface area contributed by atoms with Gasteiger partial charge in [0.25, 0.3) is 8.32 Å². The Hall–Kier alpha value is -1.99. The zero-order chi connectivity index (χ0) is 24.5. The molecule has 1 aliphatic carbocycles. The first-order valence-corrected chi connectivity index (χ1v) is 13.8. The van der Waals surface area contributed by atoms with E-state index in [9.17, 15) is 4.79 Å². The number of nitrogens with two attached hydrogens (primary N) is 2. The van der Waals surface area contributed by atoms with Crippen LogP contribution in [0.2, 0.25) is 5.04 Å². The maximum absolute atomic E-state index is 12.9. The van der Waals surface area contributed by atoms with Crippen molar-refractivity contribution in [1.82, 2.24) is 0 Å². The van der Waals surface area contributed by atoms with Gasteiger partial charge in [0.1, 0.15) is 11.1 Å². The number of rotatable bonds is 5. The van der Waals surface area contributed by atoms with E-state index in [4.69, 9.17) is 20.6 Å². The molecular weight excluding hydrogens is 428 g/mol. The molecule has 1 saturated carbocycles. The third-order valence-corrected chi connectivity index (χ3v) is 11.7. The largest absolute Gasteiger partial charge is 0.459 e. The van der Waals surface area contributed by atoms with E-state index in [0.717, 1.165) is 0 Å². The van der Waals surface area contributed by atoms with Crippen molar-refractivity contribution in [2.45, 2.75) is 89.1 Å². The smallest absolute Gasteiger partial charge is 0.328 e. The van der Waals surface area contributed by atoms with E-state index in [1.54, 1.807) is 0 Å². The minimum absolute atomic E-state index is 0.0922. The van der Waals surface area contributed by atoms with Gasteiger partial charge in [0.2, 0.25) is 0 Å². The predicted octanol–water partition coefficient (Wildman–Crippen LogP) is 3.48. The number of esters is 1. The van der Waals surface area contributed by atoms with Gasteiger partial charge in [-0.3, -0.25) is 0 Å². The van der Waals surface area contributed by atoms with Crippen LogP contribution in [-0.4, -0.2) is 37.6 Å². The lowest BCUT2D eigenvalue weighted by atomic mass is 9.77. The first kappa shape index (κ1) is 25.6. The average Bonchev–Trinajstić information content (AvgIpc) is 2.73. The van der Waals surface area contributed by atoms with Gasteiger partial charge in [0.05, 0.1) is 0 Å². The average molecular weight is 469 g/mol. The van der Waals surface area contributed by atoms with E-state index in [1.807, 2.05) is 32.9 Å². The van der Waals surface area contributed by atoms with Crippen molar-refractivity contribution in [3.63, 3.8) is 0 Å². The summed E-state index contributed by atoms with van der Waals surface area (Å²) in [6.07, 6.45) is 1.52. The lowest BCUT2D eigenvalue weighted by molar-refractivity contribution is -0.164. The van der Waals surface area contributed by atoms with E-state index in [-0.39, 0.29) is 11.1 Å². The van der Waals surface area contributed by atoms with Gasteiger partial charge < -0.3 is 20.6 Å². The van der Waals surface area contributed by atoms with Crippen molar-refractivity contribution in [2.75, 3.05) is 0 Å². The molecule has 2 aromatic carbocycles. The minimum atomic E-state index is -2.69. The molecule has 5 nitrogen and oxygen atoms in total. The van der Waals surface area contributed by atoms with E-state index >= 15 is 0 Å². The molecule has 0 bridgehead atoms. The van der Waals surface area contributed by atoms with Gasteiger partial charge in [-0.15, -0.1) is 0 Å². The maximum atomic E-state index is 12.9. The van der Waals surface area contributed by atoms with Crippen LogP contribution in [0.3, 0.4) is 0 Å². The van der Waals surface area contributed by atoms with E-state index in [2.05, 4.69) is 69.3 Å². The summed E-state index contributed by atoms with van der Waals surface area (Å²) in [5, 5.41) is 2.34. The zero-order valence-corrected chi connectivity index (χ0v) is 21.9. The summed E-state index contributed by atoms with van der Waals surface area (Å²) in [7, 11) is -2.69. The SMILES string of the molecule is CC(C)(C)OC(=O)C1(N)CCC(O[Si](c2ccccc2)(c2ccccc2)C(C)(C)C)CC1N. The molecule has 4 N–H and O–H groups in total. The normalized spacial score (nSPS) is 24.4. The monoisotopic (exact) mass is 468 g/mol. The highest BCUT2D eigenvalue weighted by Gasteiger charge is 2.54. The molecule has 0 saturated heterocycles. The van der Waals surface area contributed by atoms with Gasteiger partial charge in [0, 0.05) is 12.1 Å². The topological polar surface area (TPSA) is 87.6 Å². The number of hydrogen-bond acceptors (Lipinski definition) is 5. The van der Waals surface area contributed by atoms with Crippen LogP contribution in [0.4, 0.5) is 0 Å². The molecule has 0 radical (unpaired) electrons. The summed E-state index contributed by atoms with van der Waals surface area (Å²) in [6, 6.07) is 20.6. The summed E-state index contributed by atoms with van der Waals surface area (Å²) in [5.41, 5.74) is 11.3. The molecule has 33 heavy (non-hydrogen) atoms. The number of hydrogen-bond donors (Lipinski definition) is 2. The Balaban J connectivity index is 1.95. The van der Waals surface area contributed by atoms with Crippen LogP contribution in [0.5, 0.6) is 0 Å². The number of carbonyl (C=O) groups is 1. The Morgan fingerprint density at radius 1 is 0.939 bits per heavy atom. The number of carbonyl (C=O) groups excluding carboxylic acids is 1. The number of ether oxygens (including phenoxy) is 1. The van der Waals surface area contributed by atoms with Gasteiger partial charge >= 0.3 is 5.97 Å². The highest BCUT2D eigenvalue weighted by atomic mass is 28.4. The second-order valence-corrected chi connectivity index (χ2v) is 15.6. The summed E-state index contributed by atoms with van der Waals surface area (Å²) in [4.78, 5) is 12.9. The molecule has 0 aliphatic heterocycles. The van der Waals surface area contributed by atoms with Crippen molar-refractivity contribution in [1.29, 1.82) is 0 Å². The van der Waals surface area contributed by atoms with Crippen LogP contribution in [0.25, 0.3) is 0 Å². The number of benzene rings is 2. The summed E-state index contributed by atoms with van der Waals surface area (Å²) in [5.74, 6) is -0.425. The van der Waals surface area contributed by atoms with Crippen molar-refractivity contribution in [3.05, 3.63) is 60.7 Å². The molecule has 6 heteroatoms. The van der Waals surface area contributed by atoms with Gasteiger partial charge in [0.15, 0.2) is 0 Å². The molecule has 2 aromatic rings. The fourth-order valence-corrected chi connectivity index (χ4v) is 9.60. The van der Waals surface area contributed by atoms with Gasteiger partial charge in [-0.1, -0.05) is 81.4 Å². The summed E-state index contributed by atoms with van der Waals surface area (Å²) in [6.45, 7) is 12.3. The fourth-order valence-electron chi connectivity index (χ4n) is 4.87. The molecule has 0 heterocycles. The first-order valence-electron chi connectivity index (χ1n) is 11.9. The Morgan fingerprint density at radius 2 is 1.42 bits per heavy atom. The Kier molecular flexibility index (Phi) is 7.25. The van der Waals surface area contributed by atoms with Gasteiger partial charge in [-0.2, -0.15) is 0 Å². The summed E-state index contributed by atoms with van der Waals surface area (Å²) >= 11 is 0. The quantitative estimate of drug-likeness (QED) is 0.518. The molecule has 3 atom stereocenters. The highest BCUT2D eigenvalue weighted by Crippen LogP contribution is 2.40. The van der Waals surface area contributed by atoms with Crippen LogP contribution in [-0.2, 0) is 14.0 Å². The van der Waals surface area contributed by atoms with Gasteiger partial charge in [-0.25, -0.2) is 4.79 Å². The lowest BCUT2D eigenvalue weighted by Crippen LogP contribution is -2.70. The predicted molar refractivity (Wildman–Crippen MR) is 137 cm³/mol. The maximum Gasteiger partial charge on any atom is 0.328 e. The van der Waals surface area contributed by atoms with Crippen LogP contribution < -0.4 is 21.8 Å². The molecule has 3 rings (SSSR count). The van der Waals surface area contributed by atoms with Crippen LogP contribution in [0.1, 0.15) is 60.8 Å². The van der Waals surface area contributed by atoms with Crippen molar-refractivity contribution in [2.24, 2.45) is 11.5 Å². The lowest BCUT2D eigenvalue weighted by Gasteiger charge is -2.48. The molecule has 0 aromatic heterocycles. The molecule has 0 spiro atoms. The van der Waals surface area contributed by atoms with E-state index < -0.39 is 31.5 Å². The van der Waals surface area contributed by atoms with Crippen LogP contribution >= 0.6 is 0 Å². The first-order chi connectivity index (χ1) is 15.3. The minimum Gasteiger partial charge on any atom is -0.459 e. The zero-order valence-electron chi connectivity index (χ0n) is 20.9. The third kappa shape index (κ3) is 5.24. The standard InChI is InChI=1S/C27H40N2O3Si/c1-25(2,3)31-24(30)27(29)18-17-20(19-23(27)28)32-33(26(4,5)6,21-13-9-7-10-14-21)22-15-11-8-12-16-22/h7-16,20,23H,17-19,28-29H2,1-6H3. The second kappa shape index (κ2) is 9.33. The van der Waals surface area contributed by atoms with E-state index in [0.29, 0.717) is 19.3 Å². The van der Waals surface area contributed by atoms with Gasteiger partial charge in [-0.05, 0) is 55.4 Å². The third-order valence-electron chi connectivity index (χ3n) is 6.60. The second-order valence-electron chi connectivity index (χ2n) is 11.3. The van der Waals surface area contributed by atoms with Crippen molar-refractivity contribution >= 4 is 24.7 Å². The molecule has 1 fully saturated rings.